The maximum atomic E-state index is 14.3. The van der Waals surface area contributed by atoms with Gasteiger partial charge in [0.15, 0.2) is 23.3 Å². The first-order valence-electron chi connectivity index (χ1n) is 11.1. The molecule has 0 aliphatic heterocycles. The van der Waals surface area contributed by atoms with E-state index >= 15 is 0 Å². The number of nitrogens with one attached hydrogen (secondary N) is 4. The molecule has 4 aromatic rings. The molecule has 0 atom stereocenters. The monoisotopic (exact) mass is 468 g/mol. The number of hydrogen-bond donors (Lipinski definition) is 4. The van der Waals surface area contributed by atoms with Crippen LogP contribution >= 0.6 is 0 Å². The molecular formula is C17H24N16O. The smallest absolute Gasteiger partial charge is 0.174 e. The molecule has 34 heavy (non-hydrogen) atoms. The van der Waals surface area contributed by atoms with Crippen molar-refractivity contribution in [1.82, 2.24) is 82.5 Å². The van der Waals surface area contributed by atoms with Crippen LogP contribution in [0.3, 0.4) is 0 Å². The third-order valence-electron chi connectivity index (χ3n) is 6.91. The highest BCUT2D eigenvalue weighted by Gasteiger charge is 2.55. The lowest BCUT2D eigenvalue weighted by molar-refractivity contribution is -0.135. The second-order valence-corrected chi connectivity index (χ2v) is 8.70. The third-order valence-corrected chi connectivity index (χ3v) is 6.91. The Morgan fingerprint density at radius 3 is 1.06 bits per heavy atom. The number of aromatic amines is 4. The molecule has 4 aromatic heterocycles. The maximum Gasteiger partial charge on any atom is 0.174 e. The van der Waals surface area contributed by atoms with E-state index in [2.05, 4.69) is 82.5 Å². The van der Waals surface area contributed by atoms with Crippen LogP contribution in [0.1, 0.15) is 61.8 Å². The minimum atomic E-state index is -0.574. The van der Waals surface area contributed by atoms with Gasteiger partial charge in [0, 0.05) is 36.5 Å². The van der Waals surface area contributed by atoms with Crippen LogP contribution in [-0.4, -0.2) is 88.3 Å². The second kappa shape index (κ2) is 9.44. The Hall–Kier alpha value is -4.05. The summed E-state index contributed by atoms with van der Waals surface area (Å²) in [5, 5.41) is 57.0. The minimum Gasteiger partial charge on any atom is -0.298 e. The van der Waals surface area contributed by atoms with Gasteiger partial charge in [0.05, 0.1) is 0 Å². The summed E-state index contributed by atoms with van der Waals surface area (Å²) in [5.41, 5.74) is -1.15. The van der Waals surface area contributed by atoms with Crippen LogP contribution in [0.25, 0.3) is 0 Å². The number of hydrogen-bond acceptors (Lipinski definition) is 13. The van der Waals surface area contributed by atoms with E-state index < -0.39 is 10.8 Å². The summed E-state index contributed by atoms with van der Waals surface area (Å²) in [7, 11) is 0. The summed E-state index contributed by atoms with van der Waals surface area (Å²) < 4.78 is 0. The number of tetrazole rings is 4. The zero-order valence-electron chi connectivity index (χ0n) is 18.3. The van der Waals surface area contributed by atoms with Gasteiger partial charge in [-0.05, 0) is 38.5 Å². The molecule has 1 aliphatic carbocycles. The number of aryl methyl sites for hydroxylation is 4. The van der Waals surface area contributed by atoms with Gasteiger partial charge in [-0.3, -0.25) is 4.79 Å². The summed E-state index contributed by atoms with van der Waals surface area (Å²) >= 11 is 0. The first-order valence-corrected chi connectivity index (χ1v) is 11.1. The summed E-state index contributed by atoms with van der Waals surface area (Å²) in [6.45, 7) is 0. The summed E-state index contributed by atoms with van der Waals surface area (Å²) in [6, 6.07) is 0. The summed E-state index contributed by atoms with van der Waals surface area (Å²) in [4.78, 5) is 14.3. The van der Waals surface area contributed by atoms with E-state index in [0.29, 0.717) is 74.7 Å². The van der Waals surface area contributed by atoms with E-state index in [0.717, 1.165) is 12.8 Å². The SMILES string of the molecule is O=C1C(CCc2nn[nH]n2)(CCc2nn[nH]n2)CCC1(CCc1nn[nH]n1)CCc1nn[nH]n1. The van der Waals surface area contributed by atoms with Gasteiger partial charge in [0.1, 0.15) is 5.78 Å². The molecule has 17 heteroatoms. The Labute approximate surface area is 192 Å². The fourth-order valence-electron chi connectivity index (χ4n) is 5.03. The van der Waals surface area contributed by atoms with Gasteiger partial charge < -0.3 is 0 Å². The number of H-pyrrole nitrogens is 4. The molecule has 1 fully saturated rings. The average Bonchev–Trinajstić information content (AvgIpc) is 3.68. The van der Waals surface area contributed by atoms with E-state index in [1.54, 1.807) is 0 Å². The van der Waals surface area contributed by atoms with E-state index in [-0.39, 0.29) is 5.78 Å². The molecule has 0 aromatic carbocycles. The number of ketones is 1. The van der Waals surface area contributed by atoms with Crippen molar-refractivity contribution < 1.29 is 4.79 Å². The molecule has 4 heterocycles. The van der Waals surface area contributed by atoms with Gasteiger partial charge in [0.2, 0.25) is 0 Å². The number of carbonyl (C=O) groups excluding carboxylic acids is 1. The molecule has 4 N–H and O–H groups in total. The zero-order valence-corrected chi connectivity index (χ0v) is 18.3. The van der Waals surface area contributed by atoms with Crippen LogP contribution < -0.4 is 0 Å². The number of Topliss-reactive ketones (excluding diaryl/α,β-unsaturated/α-hetero) is 1. The van der Waals surface area contributed by atoms with Crippen molar-refractivity contribution in [2.75, 3.05) is 0 Å². The van der Waals surface area contributed by atoms with Gasteiger partial charge in [-0.1, -0.05) is 20.9 Å². The van der Waals surface area contributed by atoms with E-state index in [1.165, 1.54) is 0 Å². The van der Waals surface area contributed by atoms with Crippen LogP contribution in [0.4, 0.5) is 0 Å². The molecule has 0 amide bonds. The lowest BCUT2D eigenvalue weighted by atomic mass is 9.69. The highest BCUT2D eigenvalue weighted by Crippen LogP contribution is 2.54. The van der Waals surface area contributed by atoms with Gasteiger partial charge in [-0.15, -0.1) is 40.8 Å². The Bertz CT molecular complexity index is 970. The molecule has 0 spiro atoms. The second-order valence-electron chi connectivity index (χ2n) is 8.70. The summed E-state index contributed by atoms with van der Waals surface area (Å²) in [5.74, 6) is 2.57. The van der Waals surface area contributed by atoms with Gasteiger partial charge in [-0.25, -0.2) is 0 Å². The first kappa shape index (κ1) is 21.8. The fraction of sp³-hybridized carbons (Fsp3) is 0.706. The van der Waals surface area contributed by atoms with Crippen LogP contribution in [-0.2, 0) is 30.5 Å². The Kier molecular flexibility index (Phi) is 6.05. The van der Waals surface area contributed by atoms with Crippen molar-refractivity contribution in [3.05, 3.63) is 23.3 Å². The van der Waals surface area contributed by atoms with Crippen molar-refractivity contribution in [1.29, 1.82) is 0 Å². The van der Waals surface area contributed by atoms with Gasteiger partial charge >= 0.3 is 0 Å². The third kappa shape index (κ3) is 4.53. The molecule has 0 bridgehead atoms. The lowest BCUT2D eigenvalue weighted by Gasteiger charge is -2.32. The molecule has 1 saturated carbocycles. The Balaban J connectivity index is 1.39. The van der Waals surface area contributed by atoms with Crippen molar-refractivity contribution in [3.63, 3.8) is 0 Å². The zero-order chi connectivity index (χ0) is 23.3. The van der Waals surface area contributed by atoms with Crippen molar-refractivity contribution >= 4 is 5.78 Å². The van der Waals surface area contributed by atoms with Crippen LogP contribution in [0.5, 0.6) is 0 Å². The predicted octanol–water partition coefficient (Wildman–Crippen LogP) is -1.09. The number of aromatic nitrogens is 16. The number of rotatable bonds is 12. The molecular weight excluding hydrogens is 444 g/mol. The molecule has 0 radical (unpaired) electrons. The Morgan fingerprint density at radius 1 is 0.529 bits per heavy atom. The van der Waals surface area contributed by atoms with E-state index in [1.807, 2.05) is 0 Å². The Morgan fingerprint density at radius 2 is 0.824 bits per heavy atom. The predicted molar refractivity (Wildman–Crippen MR) is 109 cm³/mol. The van der Waals surface area contributed by atoms with Crippen molar-refractivity contribution in [2.45, 2.75) is 64.2 Å². The molecule has 0 unspecified atom stereocenters. The van der Waals surface area contributed by atoms with Crippen LogP contribution in [0.2, 0.25) is 0 Å². The molecule has 17 nitrogen and oxygen atoms in total. The number of carbonyl (C=O) groups is 1. The van der Waals surface area contributed by atoms with E-state index in [9.17, 15) is 4.79 Å². The van der Waals surface area contributed by atoms with Crippen molar-refractivity contribution in [2.24, 2.45) is 10.8 Å². The molecule has 178 valence electrons. The maximum absolute atomic E-state index is 14.3. The lowest BCUT2D eigenvalue weighted by Crippen LogP contribution is -2.37. The van der Waals surface area contributed by atoms with Crippen LogP contribution in [0, 0.1) is 10.8 Å². The van der Waals surface area contributed by atoms with Crippen LogP contribution in [0.15, 0.2) is 0 Å². The number of nitrogens with zero attached hydrogens (tertiary/aromatic N) is 12. The molecule has 0 saturated heterocycles. The van der Waals surface area contributed by atoms with E-state index in [4.69, 9.17) is 0 Å². The standard InChI is InChI=1S/C17H24N16O/c34-15-16(5-1-11-18-26-27-19-11,6-2-12-20-28-29-21-12)9-10-17(15,7-3-13-22-30-31-23-13)8-4-14-24-32-33-25-14/h1-10H2,(H,18,19,26,27)(H,20,21,28,29)(H,22,23,30,31)(H,24,25,32,33). The summed E-state index contributed by atoms with van der Waals surface area (Å²) in [6.07, 6.45) is 6.07. The average molecular weight is 468 g/mol. The fourth-order valence-corrected chi connectivity index (χ4v) is 5.03. The first-order chi connectivity index (χ1) is 16.7. The highest BCUT2D eigenvalue weighted by atomic mass is 16.1. The largest absolute Gasteiger partial charge is 0.298 e. The topological polar surface area (TPSA) is 235 Å². The van der Waals surface area contributed by atoms with Gasteiger partial charge in [-0.2, -0.15) is 20.9 Å². The molecule has 1 aliphatic rings. The van der Waals surface area contributed by atoms with Crippen molar-refractivity contribution in [3.8, 4) is 0 Å². The highest BCUT2D eigenvalue weighted by molar-refractivity contribution is 5.92. The minimum absolute atomic E-state index is 0.221. The quantitative estimate of drug-likeness (QED) is 0.193. The van der Waals surface area contributed by atoms with Gasteiger partial charge in [0.25, 0.3) is 0 Å². The normalized spacial score (nSPS) is 16.9. The molecule has 5 rings (SSSR count).